The maximum atomic E-state index is 12.0. The van der Waals surface area contributed by atoms with Gasteiger partial charge in [0, 0.05) is 25.2 Å². The minimum Gasteiger partial charge on any atom is -0.481 e. The summed E-state index contributed by atoms with van der Waals surface area (Å²) in [5.41, 5.74) is 7.10. The Morgan fingerprint density at radius 1 is 1.39 bits per heavy atom. The number of aliphatic carboxylic acids is 1. The molecule has 0 radical (unpaired) electrons. The summed E-state index contributed by atoms with van der Waals surface area (Å²) in [6, 6.07) is 7.42. The van der Waals surface area contributed by atoms with E-state index in [0.717, 1.165) is 11.3 Å². The molecule has 1 aliphatic rings. The average Bonchev–Trinajstić information content (AvgIpc) is 2.37. The first-order chi connectivity index (χ1) is 8.63. The van der Waals surface area contributed by atoms with Gasteiger partial charge >= 0.3 is 5.97 Å². The van der Waals surface area contributed by atoms with Crippen LogP contribution >= 0.6 is 0 Å². The van der Waals surface area contributed by atoms with Gasteiger partial charge in [0.1, 0.15) is 0 Å². The number of carbonyl (C=O) groups is 2. The molecule has 0 aromatic heterocycles. The van der Waals surface area contributed by atoms with Crippen LogP contribution < -0.4 is 10.6 Å². The molecule has 96 valence electrons. The minimum atomic E-state index is -0.866. The van der Waals surface area contributed by atoms with Gasteiger partial charge in [0.2, 0.25) is 5.91 Å². The third-order valence-corrected chi connectivity index (χ3v) is 3.16. The number of anilines is 1. The average molecular weight is 248 g/mol. The lowest BCUT2D eigenvalue weighted by molar-refractivity contribution is -0.141. The summed E-state index contributed by atoms with van der Waals surface area (Å²) >= 11 is 0. The van der Waals surface area contributed by atoms with Crippen molar-refractivity contribution in [1.29, 1.82) is 0 Å². The lowest BCUT2D eigenvalue weighted by Gasteiger charge is -2.32. The van der Waals surface area contributed by atoms with Crippen LogP contribution in [0.15, 0.2) is 24.3 Å². The molecule has 0 spiro atoms. The molecule has 5 nitrogen and oxygen atoms in total. The minimum absolute atomic E-state index is 0.115. The fraction of sp³-hybridized carbons (Fsp3) is 0.385. The molecule has 0 saturated heterocycles. The molecule has 0 aliphatic carbocycles. The van der Waals surface area contributed by atoms with E-state index in [1.165, 1.54) is 0 Å². The molecule has 1 heterocycles. The topological polar surface area (TPSA) is 83.6 Å². The number of fused-ring (bicyclic) bond motifs is 1. The summed E-state index contributed by atoms with van der Waals surface area (Å²) in [6.45, 7) is 0.500. The number of carbonyl (C=O) groups excluding carboxylic acids is 1. The normalized spacial score (nSPS) is 18.3. The Labute approximate surface area is 105 Å². The Kier molecular flexibility index (Phi) is 3.62. The van der Waals surface area contributed by atoms with E-state index in [9.17, 15) is 9.59 Å². The van der Waals surface area contributed by atoms with E-state index >= 15 is 0 Å². The number of hydrogen-bond donors (Lipinski definition) is 2. The zero-order chi connectivity index (χ0) is 13.1. The quantitative estimate of drug-likeness (QED) is 0.821. The molecule has 1 atom stereocenters. The Bertz CT molecular complexity index is 473. The standard InChI is InChI=1S/C13H16N2O3/c14-6-5-12(16)15-8-10(13(17)18)7-9-3-1-2-4-11(9)15/h1-4,10H,5-8,14H2,(H,17,18). The van der Waals surface area contributed by atoms with Crippen molar-refractivity contribution in [2.24, 2.45) is 11.7 Å². The van der Waals surface area contributed by atoms with Gasteiger partial charge in [0.15, 0.2) is 0 Å². The number of rotatable bonds is 3. The van der Waals surface area contributed by atoms with Crippen LogP contribution in [0.2, 0.25) is 0 Å². The van der Waals surface area contributed by atoms with Gasteiger partial charge in [0.05, 0.1) is 5.92 Å². The molecule has 5 heteroatoms. The summed E-state index contributed by atoms with van der Waals surface area (Å²) in [5, 5.41) is 9.13. The summed E-state index contributed by atoms with van der Waals surface area (Å²) in [6.07, 6.45) is 0.707. The zero-order valence-electron chi connectivity index (χ0n) is 10.0. The maximum absolute atomic E-state index is 12.0. The van der Waals surface area contributed by atoms with E-state index in [4.69, 9.17) is 10.8 Å². The molecule has 2 rings (SSSR count). The van der Waals surface area contributed by atoms with Crippen LogP contribution in [0.5, 0.6) is 0 Å². The van der Waals surface area contributed by atoms with E-state index in [1.807, 2.05) is 24.3 Å². The number of nitrogens with two attached hydrogens (primary N) is 1. The number of benzene rings is 1. The van der Waals surface area contributed by atoms with Crippen molar-refractivity contribution < 1.29 is 14.7 Å². The Balaban J connectivity index is 2.33. The predicted octanol–water partition coefficient (Wildman–Crippen LogP) is 0.625. The van der Waals surface area contributed by atoms with Crippen LogP contribution in [0, 0.1) is 5.92 Å². The number of amides is 1. The Morgan fingerprint density at radius 3 is 2.78 bits per heavy atom. The molecular weight excluding hydrogens is 232 g/mol. The third kappa shape index (κ3) is 2.36. The first kappa shape index (κ1) is 12.6. The molecule has 1 aliphatic heterocycles. The van der Waals surface area contributed by atoms with Crippen molar-refractivity contribution in [3.63, 3.8) is 0 Å². The summed E-state index contributed by atoms with van der Waals surface area (Å²) in [7, 11) is 0. The molecule has 3 N–H and O–H groups in total. The van der Waals surface area contributed by atoms with Gasteiger partial charge < -0.3 is 15.7 Å². The van der Waals surface area contributed by atoms with E-state index in [1.54, 1.807) is 4.90 Å². The van der Waals surface area contributed by atoms with E-state index in [2.05, 4.69) is 0 Å². The van der Waals surface area contributed by atoms with Gasteiger partial charge in [0.25, 0.3) is 0 Å². The van der Waals surface area contributed by atoms with Gasteiger partial charge in [-0.3, -0.25) is 9.59 Å². The highest BCUT2D eigenvalue weighted by Gasteiger charge is 2.31. The number of para-hydroxylation sites is 1. The van der Waals surface area contributed by atoms with Crippen molar-refractivity contribution in [1.82, 2.24) is 0 Å². The number of carboxylic acid groups (broad SMARTS) is 1. The molecule has 0 fully saturated rings. The van der Waals surface area contributed by atoms with Gasteiger partial charge in [-0.05, 0) is 18.1 Å². The van der Waals surface area contributed by atoms with Crippen LogP contribution in [0.1, 0.15) is 12.0 Å². The van der Waals surface area contributed by atoms with Crippen LogP contribution in [-0.2, 0) is 16.0 Å². The lowest BCUT2D eigenvalue weighted by Crippen LogP contribution is -2.43. The number of nitrogens with zero attached hydrogens (tertiary/aromatic N) is 1. The van der Waals surface area contributed by atoms with Crippen molar-refractivity contribution >= 4 is 17.6 Å². The molecule has 1 aromatic carbocycles. The first-order valence-electron chi connectivity index (χ1n) is 5.94. The predicted molar refractivity (Wildman–Crippen MR) is 67.3 cm³/mol. The second kappa shape index (κ2) is 5.18. The third-order valence-electron chi connectivity index (χ3n) is 3.16. The van der Waals surface area contributed by atoms with Crippen molar-refractivity contribution in [2.75, 3.05) is 18.0 Å². The van der Waals surface area contributed by atoms with Gasteiger partial charge in [-0.1, -0.05) is 18.2 Å². The summed E-state index contributed by atoms with van der Waals surface area (Å²) < 4.78 is 0. The highest BCUT2D eigenvalue weighted by atomic mass is 16.4. The van der Waals surface area contributed by atoms with Crippen molar-refractivity contribution in [2.45, 2.75) is 12.8 Å². The second-order valence-electron chi connectivity index (χ2n) is 4.41. The molecule has 0 bridgehead atoms. The van der Waals surface area contributed by atoms with Gasteiger partial charge in [-0.2, -0.15) is 0 Å². The molecule has 18 heavy (non-hydrogen) atoms. The molecule has 1 aromatic rings. The highest BCUT2D eigenvalue weighted by Crippen LogP contribution is 2.30. The molecule has 0 saturated carbocycles. The van der Waals surface area contributed by atoms with Crippen LogP contribution in [0.3, 0.4) is 0 Å². The fourth-order valence-electron chi connectivity index (χ4n) is 2.26. The van der Waals surface area contributed by atoms with E-state index in [-0.39, 0.29) is 25.4 Å². The second-order valence-corrected chi connectivity index (χ2v) is 4.41. The van der Waals surface area contributed by atoms with Gasteiger partial charge in [-0.15, -0.1) is 0 Å². The van der Waals surface area contributed by atoms with Gasteiger partial charge in [-0.25, -0.2) is 0 Å². The largest absolute Gasteiger partial charge is 0.481 e. The van der Waals surface area contributed by atoms with Crippen LogP contribution in [0.4, 0.5) is 5.69 Å². The molecule has 1 amide bonds. The van der Waals surface area contributed by atoms with Crippen LogP contribution in [0.25, 0.3) is 0 Å². The summed E-state index contributed by atoms with van der Waals surface area (Å²) in [5.74, 6) is -1.52. The number of hydrogen-bond acceptors (Lipinski definition) is 3. The Hall–Kier alpha value is -1.88. The van der Waals surface area contributed by atoms with Crippen molar-refractivity contribution in [3.8, 4) is 0 Å². The zero-order valence-corrected chi connectivity index (χ0v) is 10.0. The van der Waals surface area contributed by atoms with E-state index < -0.39 is 11.9 Å². The first-order valence-corrected chi connectivity index (χ1v) is 5.94. The fourth-order valence-corrected chi connectivity index (χ4v) is 2.26. The SMILES string of the molecule is NCCC(=O)N1CC(C(=O)O)Cc2ccccc21. The lowest BCUT2D eigenvalue weighted by atomic mass is 9.92. The number of carboxylic acids is 1. The molecule has 1 unspecified atom stereocenters. The maximum Gasteiger partial charge on any atom is 0.308 e. The smallest absolute Gasteiger partial charge is 0.308 e. The van der Waals surface area contributed by atoms with Crippen molar-refractivity contribution in [3.05, 3.63) is 29.8 Å². The van der Waals surface area contributed by atoms with E-state index in [0.29, 0.717) is 6.42 Å². The summed E-state index contributed by atoms with van der Waals surface area (Å²) in [4.78, 5) is 24.7. The highest BCUT2D eigenvalue weighted by molar-refractivity contribution is 5.95. The Morgan fingerprint density at radius 2 is 2.11 bits per heavy atom. The molecular formula is C13H16N2O3. The monoisotopic (exact) mass is 248 g/mol. The van der Waals surface area contributed by atoms with Crippen LogP contribution in [-0.4, -0.2) is 30.1 Å².